The van der Waals surface area contributed by atoms with Crippen molar-refractivity contribution in [2.45, 2.75) is 213 Å². The van der Waals surface area contributed by atoms with Crippen LogP contribution in [0.1, 0.15) is 164 Å². The van der Waals surface area contributed by atoms with Gasteiger partial charge in [0.2, 0.25) is 0 Å². The van der Waals surface area contributed by atoms with E-state index in [9.17, 15) is 44.1 Å². The summed E-state index contributed by atoms with van der Waals surface area (Å²) in [7, 11) is 0. The number of carbonyl (C=O) groups is 6. The Morgan fingerprint density at radius 3 is 1.58 bits per heavy atom. The van der Waals surface area contributed by atoms with E-state index in [-0.39, 0.29) is 24.5 Å². The third-order valence-corrected chi connectivity index (χ3v) is 18.3. The molecule has 5 fully saturated rings. The zero-order chi connectivity index (χ0) is 62.2. The maximum absolute atomic E-state index is 14.9. The Morgan fingerprint density at radius 1 is 0.679 bits per heavy atom. The number of carbonyl (C=O) groups excluding carboxylic acids is 5. The molecule has 3 aromatic carbocycles. The van der Waals surface area contributed by atoms with Crippen LogP contribution in [0.4, 0.5) is 9.59 Å². The van der Waals surface area contributed by atoms with Crippen LogP contribution in [-0.4, -0.2) is 138 Å². The van der Waals surface area contributed by atoms with E-state index < -0.39 is 141 Å². The van der Waals surface area contributed by atoms with Crippen molar-refractivity contribution in [1.82, 2.24) is 9.80 Å². The lowest BCUT2D eigenvalue weighted by atomic mass is 9.42. The number of amides is 2. The number of fused-ring (bicyclic) bond motifs is 5. The molecule has 3 aromatic rings. The molecule has 1 unspecified atom stereocenters. The standard InChI is InChI=1S/C48H63NO12.C17H23NO5/c1-26-23-33-47(25-56-33,59-29(4)50)37-39(58-40(52)31-21-17-14-18-22-31)48(55)24-32(27(2)34(44(48,8)9)28(3)38(51)46(26,37)12)57-41(53)36-35(30-19-15-13-16-20-30)49(45(10,11)60-36)42(54)61-43(5,6)7;1-16(2,3)23-15(21)18-12(11-9-7-6-8-10-11)13(14(19)20)22-17(18,4)5/h13-22,26,28,32-33,35-39,51,55H,23-25H2,1-12H3;6-10,12-13H,1-5H3,(H,19,20)/t26-,28+,32-,33+,35+,36+,37?,38-,39-,46+,47-,48+;12-,13-/m01/s1. The average Bonchev–Trinajstić information content (AvgIpc) is 0.889. The van der Waals surface area contributed by atoms with E-state index in [2.05, 4.69) is 0 Å². The number of carboxylic acid groups (broad SMARTS) is 1. The van der Waals surface area contributed by atoms with Gasteiger partial charge in [-0.25, -0.2) is 24.0 Å². The average molecular weight is 1170 g/mol. The minimum Gasteiger partial charge on any atom is -0.479 e. The lowest BCUT2D eigenvalue weighted by Crippen LogP contribution is -2.80. The summed E-state index contributed by atoms with van der Waals surface area (Å²) in [4.78, 5) is 83.3. The van der Waals surface area contributed by atoms with E-state index in [0.29, 0.717) is 28.7 Å². The summed E-state index contributed by atoms with van der Waals surface area (Å²) in [5, 5.41) is 36.3. The van der Waals surface area contributed by atoms with Gasteiger partial charge in [0, 0.05) is 30.1 Å². The van der Waals surface area contributed by atoms with Gasteiger partial charge in [-0.3, -0.25) is 14.6 Å². The molecular formula is C65H86N2O17. The summed E-state index contributed by atoms with van der Waals surface area (Å²) in [6.07, 6.45) is -7.80. The van der Waals surface area contributed by atoms with Crippen LogP contribution in [0.25, 0.3) is 0 Å². The van der Waals surface area contributed by atoms with Crippen molar-refractivity contribution in [2.75, 3.05) is 6.61 Å². The second-order valence-corrected chi connectivity index (χ2v) is 27.3. The molecule has 3 N–H and O–H groups in total. The van der Waals surface area contributed by atoms with Crippen molar-refractivity contribution >= 4 is 36.1 Å². The summed E-state index contributed by atoms with van der Waals surface area (Å²) in [5.74, 6) is -5.07. The number of esters is 3. The van der Waals surface area contributed by atoms with Gasteiger partial charge in [0.1, 0.15) is 58.6 Å². The van der Waals surface area contributed by atoms with Gasteiger partial charge in [-0.1, -0.05) is 119 Å². The topological polar surface area (TPSA) is 243 Å². The first-order valence-corrected chi connectivity index (χ1v) is 29.0. The zero-order valence-corrected chi connectivity index (χ0v) is 51.6. The van der Waals surface area contributed by atoms with Crippen molar-refractivity contribution in [1.29, 1.82) is 0 Å². The van der Waals surface area contributed by atoms with Crippen molar-refractivity contribution in [3.05, 3.63) is 119 Å². The molecule has 3 aliphatic carbocycles. The van der Waals surface area contributed by atoms with Gasteiger partial charge in [-0.15, -0.1) is 0 Å². The first-order chi connectivity index (χ1) is 38.8. The quantitative estimate of drug-likeness (QED) is 0.108. The SMILES string of the molecule is CC(=O)O[C@@]12CO[C@@H]1C[C@H](C)[C@]1(C)C2[C@H](OC(=O)c2ccccc2)[C@]2(O)C[C@H](OC(=O)[C@@H]3OC(C)(C)N(C(=O)OC(C)(C)C)[C@@H]3c3ccccc3)C(C)=C([C@@H](C)[C@@H]1O)C2(C)C.CC(C)(C)OC(=O)N1[C@H](c2ccccc2)[C@H](C(=O)O)OC1(C)C. The number of ether oxygens (including phenoxy) is 8. The van der Waals surface area contributed by atoms with E-state index in [4.69, 9.17) is 37.9 Å². The predicted octanol–water partition coefficient (Wildman–Crippen LogP) is 10.3. The largest absolute Gasteiger partial charge is 0.479 e. The van der Waals surface area contributed by atoms with Crippen LogP contribution in [0.3, 0.4) is 0 Å². The number of rotatable bonds is 8. The molecule has 3 saturated heterocycles. The van der Waals surface area contributed by atoms with Crippen LogP contribution in [0.5, 0.6) is 0 Å². The number of aliphatic hydroxyl groups excluding tert-OH is 1. The molecule has 0 spiro atoms. The number of hydrogen-bond donors (Lipinski definition) is 3. The van der Waals surface area contributed by atoms with Crippen LogP contribution in [0, 0.1) is 28.6 Å². The van der Waals surface area contributed by atoms with Gasteiger partial charge < -0.3 is 53.2 Å². The lowest BCUT2D eigenvalue weighted by molar-refractivity contribution is -0.356. The summed E-state index contributed by atoms with van der Waals surface area (Å²) in [5.41, 5.74) is -6.81. The first-order valence-electron chi connectivity index (χ1n) is 29.0. The molecule has 2 bridgehead atoms. The number of carboxylic acids is 1. The molecule has 9 rings (SSSR count). The van der Waals surface area contributed by atoms with E-state index in [0.717, 1.165) is 0 Å². The fourth-order valence-corrected chi connectivity index (χ4v) is 14.4. The monoisotopic (exact) mass is 1170 g/mol. The molecular weight excluding hydrogens is 1080 g/mol. The normalized spacial score (nSPS) is 33.7. The Morgan fingerprint density at radius 2 is 1.14 bits per heavy atom. The molecule has 6 aliphatic rings. The van der Waals surface area contributed by atoms with Crippen molar-refractivity contribution < 1.29 is 82.0 Å². The maximum Gasteiger partial charge on any atom is 0.413 e. The molecule has 19 nitrogen and oxygen atoms in total. The summed E-state index contributed by atoms with van der Waals surface area (Å²) >= 11 is 0. The molecule has 3 heterocycles. The zero-order valence-electron chi connectivity index (χ0n) is 51.6. The fourth-order valence-electron chi connectivity index (χ4n) is 14.4. The minimum atomic E-state index is -2.00. The van der Waals surface area contributed by atoms with Crippen molar-refractivity contribution in [3.8, 4) is 0 Å². The molecule has 2 saturated carbocycles. The van der Waals surface area contributed by atoms with Crippen molar-refractivity contribution in [2.24, 2.45) is 28.6 Å². The Bertz CT molecular complexity index is 3010. The van der Waals surface area contributed by atoms with Gasteiger partial charge in [0.15, 0.2) is 17.8 Å². The number of hydrogen-bond acceptors (Lipinski definition) is 16. The Balaban J connectivity index is 0.000000334. The number of aliphatic carboxylic acids is 1. The molecule has 0 aromatic heterocycles. The highest BCUT2D eigenvalue weighted by Gasteiger charge is 2.77. The first kappa shape index (κ1) is 63.6. The molecule has 458 valence electrons. The Hall–Kier alpha value is -6.38. The molecule has 14 atom stereocenters. The third-order valence-electron chi connectivity index (χ3n) is 18.3. The number of aliphatic hydroxyl groups is 2. The molecule has 19 heteroatoms. The van der Waals surface area contributed by atoms with Gasteiger partial charge in [-0.2, -0.15) is 0 Å². The van der Waals surface area contributed by atoms with Gasteiger partial charge in [0.05, 0.1) is 24.2 Å². The fraction of sp³-hybridized carbons (Fsp3) is 0.600. The van der Waals surface area contributed by atoms with E-state index in [1.54, 1.807) is 148 Å². The van der Waals surface area contributed by atoms with Gasteiger partial charge in [0.25, 0.3) is 0 Å². The lowest BCUT2D eigenvalue weighted by Gasteiger charge is -2.69. The Kier molecular flexibility index (Phi) is 17.0. The van der Waals surface area contributed by atoms with Gasteiger partial charge >= 0.3 is 36.1 Å². The minimum absolute atomic E-state index is 0.0365. The maximum atomic E-state index is 14.9. The molecule has 2 amide bonds. The second kappa shape index (κ2) is 22.5. The molecule has 3 aliphatic heterocycles. The van der Waals surface area contributed by atoms with E-state index >= 15 is 0 Å². The van der Waals surface area contributed by atoms with E-state index in [1.165, 1.54) is 16.7 Å². The van der Waals surface area contributed by atoms with Crippen molar-refractivity contribution in [3.63, 3.8) is 0 Å². The Labute approximate surface area is 493 Å². The highest BCUT2D eigenvalue weighted by Crippen LogP contribution is 2.67. The summed E-state index contributed by atoms with van der Waals surface area (Å²) < 4.78 is 48.9. The van der Waals surface area contributed by atoms with Crippen LogP contribution in [-0.2, 0) is 52.3 Å². The van der Waals surface area contributed by atoms with Crippen LogP contribution >= 0.6 is 0 Å². The van der Waals surface area contributed by atoms with E-state index in [1.807, 2.05) is 53.7 Å². The molecule has 84 heavy (non-hydrogen) atoms. The van der Waals surface area contributed by atoms with Crippen LogP contribution < -0.4 is 0 Å². The number of nitrogens with zero attached hydrogens (tertiary/aromatic N) is 2. The number of benzene rings is 3. The highest BCUT2D eigenvalue weighted by atomic mass is 16.6. The summed E-state index contributed by atoms with van der Waals surface area (Å²) in [6, 6.07) is 24.8. The highest BCUT2D eigenvalue weighted by molar-refractivity contribution is 5.89. The molecule has 0 radical (unpaired) electrons. The third kappa shape index (κ3) is 11.3. The second-order valence-electron chi connectivity index (χ2n) is 27.3. The van der Waals surface area contributed by atoms with Gasteiger partial charge in [-0.05, 0) is 117 Å². The van der Waals surface area contributed by atoms with Crippen LogP contribution in [0.2, 0.25) is 0 Å². The van der Waals surface area contributed by atoms with Crippen LogP contribution in [0.15, 0.2) is 102 Å². The summed E-state index contributed by atoms with van der Waals surface area (Å²) in [6.45, 7) is 29.9. The smallest absolute Gasteiger partial charge is 0.413 e. The predicted molar refractivity (Wildman–Crippen MR) is 306 cm³/mol.